The van der Waals surface area contributed by atoms with E-state index >= 15 is 0 Å². The molecule has 3 nitrogen and oxygen atoms in total. The Labute approximate surface area is 80.1 Å². The molecule has 1 saturated heterocycles. The van der Waals surface area contributed by atoms with Gasteiger partial charge in [0, 0.05) is 13.1 Å². The summed E-state index contributed by atoms with van der Waals surface area (Å²) in [5.41, 5.74) is 0.294. The summed E-state index contributed by atoms with van der Waals surface area (Å²) < 4.78 is 4.68. The number of carbonyl (C=O) groups excluding carboxylic acids is 1. The van der Waals surface area contributed by atoms with Gasteiger partial charge in [-0.15, -0.1) is 0 Å². The number of hydrogen-bond acceptors (Lipinski definition) is 2. The van der Waals surface area contributed by atoms with Gasteiger partial charge in [0.05, 0.1) is 7.11 Å². The van der Waals surface area contributed by atoms with Crippen molar-refractivity contribution in [3.8, 4) is 0 Å². The minimum Gasteiger partial charge on any atom is -0.453 e. The van der Waals surface area contributed by atoms with Gasteiger partial charge in [-0.25, -0.2) is 4.79 Å². The molecule has 76 valence electrons. The molecular formula is C10H19NO2. The highest BCUT2D eigenvalue weighted by molar-refractivity contribution is 5.67. The highest BCUT2D eigenvalue weighted by Crippen LogP contribution is 2.33. The van der Waals surface area contributed by atoms with Crippen LogP contribution in [0, 0.1) is 11.3 Å². The van der Waals surface area contributed by atoms with Crippen molar-refractivity contribution in [3.63, 3.8) is 0 Å². The van der Waals surface area contributed by atoms with Gasteiger partial charge in [-0.05, 0) is 17.8 Å². The lowest BCUT2D eigenvalue weighted by Crippen LogP contribution is -2.30. The standard InChI is InChI=1S/C10H19NO2/c1-10(2,3)8-5-6-11(7-8)9(12)13-4/h8H,5-7H2,1-4H3. The van der Waals surface area contributed by atoms with E-state index in [2.05, 4.69) is 25.5 Å². The quantitative estimate of drug-likeness (QED) is 0.578. The van der Waals surface area contributed by atoms with Crippen LogP contribution in [0.4, 0.5) is 4.79 Å². The minimum absolute atomic E-state index is 0.188. The van der Waals surface area contributed by atoms with Crippen molar-refractivity contribution in [1.82, 2.24) is 4.90 Å². The molecule has 1 unspecified atom stereocenters. The van der Waals surface area contributed by atoms with Crippen LogP contribution in [0.15, 0.2) is 0 Å². The van der Waals surface area contributed by atoms with Gasteiger partial charge in [-0.2, -0.15) is 0 Å². The van der Waals surface area contributed by atoms with E-state index in [4.69, 9.17) is 0 Å². The summed E-state index contributed by atoms with van der Waals surface area (Å²) in [7, 11) is 1.44. The van der Waals surface area contributed by atoms with Crippen molar-refractivity contribution in [2.75, 3.05) is 20.2 Å². The van der Waals surface area contributed by atoms with Gasteiger partial charge >= 0.3 is 6.09 Å². The van der Waals surface area contributed by atoms with Crippen molar-refractivity contribution in [1.29, 1.82) is 0 Å². The highest BCUT2D eigenvalue weighted by Gasteiger charge is 2.33. The Morgan fingerprint density at radius 2 is 2.08 bits per heavy atom. The largest absolute Gasteiger partial charge is 0.453 e. The first-order valence-electron chi connectivity index (χ1n) is 4.78. The Bertz CT molecular complexity index is 196. The van der Waals surface area contributed by atoms with E-state index < -0.39 is 0 Å². The molecule has 0 saturated carbocycles. The van der Waals surface area contributed by atoms with Crippen molar-refractivity contribution in [3.05, 3.63) is 0 Å². The molecule has 0 spiro atoms. The molecule has 1 fully saturated rings. The predicted octanol–water partition coefficient (Wildman–Crippen LogP) is 2.12. The summed E-state index contributed by atoms with van der Waals surface area (Å²) in [6.45, 7) is 8.35. The van der Waals surface area contributed by atoms with E-state index in [1.54, 1.807) is 4.90 Å². The zero-order valence-electron chi connectivity index (χ0n) is 8.96. The van der Waals surface area contributed by atoms with Crippen LogP contribution in [0.1, 0.15) is 27.2 Å². The van der Waals surface area contributed by atoms with Gasteiger partial charge < -0.3 is 9.64 Å². The molecule has 0 aromatic carbocycles. The summed E-state index contributed by atoms with van der Waals surface area (Å²) in [5, 5.41) is 0. The second-order valence-corrected chi connectivity index (χ2v) is 4.77. The van der Waals surface area contributed by atoms with Crippen LogP contribution in [-0.4, -0.2) is 31.2 Å². The number of carbonyl (C=O) groups is 1. The minimum atomic E-state index is -0.188. The zero-order chi connectivity index (χ0) is 10.1. The Hall–Kier alpha value is -0.730. The van der Waals surface area contributed by atoms with E-state index in [1.165, 1.54) is 7.11 Å². The molecule has 1 heterocycles. The molecule has 1 rings (SSSR count). The lowest BCUT2D eigenvalue weighted by atomic mass is 9.80. The fourth-order valence-corrected chi connectivity index (χ4v) is 1.76. The van der Waals surface area contributed by atoms with E-state index in [1.807, 2.05) is 0 Å². The molecule has 0 N–H and O–H groups in total. The molecule has 0 aromatic rings. The van der Waals surface area contributed by atoms with E-state index in [9.17, 15) is 4.79 Å². The van der Waals surface area contributed by atoms with Crippen molar-refractivity contribution in [2.24, 2.45) is 11.3 Å². The van der Waals surface area contributed by atoms with Gasteiger partial charge in [-0.1, -0.05) is 20.8 Å². The van der Waals surface area contributed by atoms with Crippen LogP contribution in [0.2, 0.25) is 0 Å². The molecule has 1 aliphatic rings. The van der Waals surface area contributed by atoms with Crippen LogP contribution in [-0.2, 0) is 4.74 Å². The van der Waals surface area contributed by atoms with Crippen LogP contribution in [0.5, 0.6) is 0 Å². The molecule has 0 aromatic heterocycles. The van der Waals surface area contributed by atoms with Crippen LogP contribution in [0.25, 0.3) is 0 Å². The molecular weight excluding hydrogens is 166 g/mol. The maximum Gasteiger partial charge on any atom is 0.409 e. The summed E-state index contributed by atoms with van der Waals surface area (Å²) in [5.74, 6) is 0.603. The maximum atomic E-state index is 11.2. The molecule has 0 aliphatic carbocycles. The van der Waals surface area contributed by atoms with Crippen molar-refractivity contribution >= 4 is 6.09 Å². The summed E-state index contributed by atoms with van der Waals surface area (Å²) in [4.78, 5) is 13.0. The topological polar surface area (TPSA) is 29.5 Å². The van der Waals surface area contributed by atoms with E-state index in [0.29, 0.717) is 11.3 Å². The van der Waals surface area contributed by atoms with Crippen LogP contribution in [0.3, 0.4) is 0 Å². The molecule has 3 heteroatoms. The van der Waals surface area contributed by atoms with Crippen molar-refractivity contribution in [2.45, 2.75) is 27.2 Å². The second-order valence-electron chi connectivity index (χ2n) is 4.77. The molecule has 1 amide bonds. The fourth-order valence-electron chi connectivity index (χ4n) is 1.76. The first kappa shape index (κ1) is 10.4. The summed E-state index contributed by atoms with van der Waals surface area (Å²) in [6, 6.07) is 0. The third-order valence-electron chi connectivity index (χ3n) is 2.85. The van der Waals surface area contributed by atoms with Gasteiger partial charge in [0.1, 0.15) is 0 Å². The molecule has 13 heavy (non-hydrogen) atoms. The number of likely N-dealkylation sites (tertiary alicyclic amines) is 1. The van der Waals surface area contributed by atoms with Gasteiger partial charge in [0.15, 0.2) is 0 Å². The highest BCUT2D eigenvalue weighted by atomic mass is 16.5. The number of methoxy groups -OCH3 is 1. The molecule has 1 atom stereocenters. The first-order valence-corrected chi connectivity index (χ1v) is 4.78. The Kier molecular flexibility index (Phi) is 2.84. The number of nitrogens with zero attached hydrogens (tertiary/aromatic N) is 1. The summed E-state index contributed by atoms with van der Waals surface area (Å²) in [6.07, 6.45) is 0.908. The van der Waals surface area contributed by atoms with E-state index in [-0.39, 0.29) is 6.09 Å². The number of amides is 1. The molecule has 0 radical (unpaired) electrons. The molecule has 0 bridgehead atoms. The average molecular weight is 185 g/mol. The summed E-state index contributed by atoms with van der Waals surface area (Å²) >= 11 is 0. The normalized spacial score (nSPS) is 23.4. The zero-order valence-corrected chi connectivity index (χ0v) is 8.96. The lowest BCUT2D eigenvalue weighted by molar-refractivity contribution is 0.127. The Balaban J connectivity index is 2.50. The smallest absolute Gasteiger partial charge is 0.409 e. The maximum absolute atomic E-state index is 11.2. The third-order valence-corrected chi connectivity index (χ3v) is 2.85. The number of ether oxygens (including phenoxy) is 1. The van der Waals surface area contributed by atoms with Gasteiger partial charge in [0.2, 0.25) is 0 Å². The Morgan fingerprint density at radius 3 is 2.46 bits per heavy atom. The van der Waals surface area contributed by atoms with Crippen molar-refractivity contribution < 1.29 is 9.53 Å². The Morgan fingerprint density at radius 1 is 1.46 bits per heavy atom. The lowest BCUT2D eigenvalue weighted by Gasteiger charge is -2.26. The van der Waals surface area contributed by atoms with Crippen LogP contribution < -0.4 is 0 Å². The predicted molar refractivity (Wildman–Crippen MR) is 51.5 cm³/mol. The van der Waals surface area contributed by atoms with Gasteiger partial charge in [-0.3, -0.25) is 0 Å². The fraction of sp³-hybridized carbons (Fsp3) is 0.900. The number of hydrogen-bond donors (Lipinski definition) is 0. The van der Waals surface area contributed by atoms with E-state index in [0.717, 1.165) is 19.5 Å². The first-order chi connectivity index (χ1) is 5.95. The second kappa shape index (κ2) is 3.56. The average Bonchev–Trinajstić information content (AvgIpc) is 2.50. The third kappa shape index (κ3) is 2.36. The van der Waals surface area contributed by atoms with Crippen LogP contribution >= 0.6 is 0 Å². The molecule has 1 aliphatic heterocycles. The monoisotopic (exact) mass is 185 g/mol. The number of rotatable bonds is 0. The SMILES string of the molecule is COC(=O)N1CCC(C(C)(C)C)C1. The van der Waals surface area contributed by atoms with Gasteiger partial charge in [0.25, 0.3) is 0 Å².